The van der Waals surface area contributed by atoms with E-state index >= 15 is 0 Å². The van der Waals surface area contributed by atoms with Crippen LogP contribution < -0.4 is 4.72 Å². The summed E-state index contributed by atoms with van der Waals surface area (Å²) in [5.74, 6) is 1.35. The van der Waals surface area contributed by atoms with Gasteiger partial charge in [-0.15, -0.1) is 10.2 Å². The maximum absolute atomic E-state index is 12.4. The molecule has 3 aromatic rings. The van der Waals surface area contributed by atoms with Gasteiger partial charge in [-0.1, -0.05) is 53.2 Å². The van der Waals surface area contributed by atoms with Crippen LogP contribution in [0.3, 0.4) is 0 Å². The van der Waals surface area contributed by atoms with Gasteiger partial charge in [0, 0.05) is 12.8 Å². The Kier molecular flexibility index (Phi) is 6.22. The van der Waals surface area contributed by atoms with Crippen molar-refractivity contribution in [3.63, 3.8) is 0 Å². The van der Waals surface area contributed by atoms with Gasteiger partial charge < -0.3 is 4.57 Å². The summed E-state index contributed by atoms with van der Waals surface area (Å²) >= 11 is 1.59. The summed E-state index contributed by atoms with van der Waals surface area (Å²) in [5.41, 5.74) is 4.74. The Morgan fingerprint density at radius 2 is 1.68 bits per heavy atom. The van der Waals surface area contributed by atoms with Crippen molar-refractivity contribution < 1.29 is 8.42 Å². The topological polar surface area (TPSA) is 76.9 Å². The Hall–Kier alpha value is -2.16. The summed E-state index contributed by atoms with van der Waals surface area (Å²) in [6, 6.07) is 13.1. The lowest BCUT2D eigenvalue weighted by molar-refractivity contribution is 0.576. The Morgan fingerprint density at radius 3 is 2.39 bits per heavy atom. The molecule has 0 saturated carbocycles. The number of nitrogens with one attached hydrogen (secondary N) is 1. The first-order chi connectivity index (χ1) is 13.3. The zero-order valence-corrected chi connectivity index (χ0v) is 18.1. The number of aryl methyl sites for hydroxylation is 3. The molecule has 1 aromatic heterocycles. The van der Waals surface area contributed by atoms with E-state index in [4.69, 9.17) is 0 Å². The van der Waals surface area contributed by atoms with Crippen molar-refractivity contribution in [1.82, 2.24) is 19.5 Å². The molecule has 0 atom stereocenters. The van der Waals surface area contributed by atoms with Gasteiger partial charge in [-0.3, -0.25) is 0 Å². The normalized spacial score (nSPS) is 11.7. The van der Waals surface area contributed by atoms with Gasteiger partial charge in [-0.05, 0) is 44.0 Å². The molecule has 0 bridgehead atoms. The lowest BCUT2D eigenvalue weighted by Crippen LogP contribution is -2.24. The van der Waals surface area contributed by atoms with Crippen molar-refractivity contribution in [2.24, 2.45) is 7.05 Å². The Morgan fingerprint density at radius 1 is 1.00 bits per heavy atom. The smallest absolute Gasteiger partial charge is 0.240 e. The van der Waals surface area contributed by atoms with Crippen LogP contribution in [0.25, 0.3) is 0 Å². The highest BCUT2D eigenvalue weighted by molar-refractivity contribution is 7.98. The van der Waals surface area contributed by atoms with E-state index in [9.17, 15) is 8.42 Å². The summed E-state index contributed by atoms with van der Waals surface area (Å²) in [6.45, 7) is 6.18. The van der Waals surface area contributed by atoms with Gasteiger partial charge in [-0.2, -0.15) is 0 Å². The molecule has 148 valence electrons. The van der Waals surface area contributed by atoms with Gasteiger partial charge in [0.2, 0.25) is 10.0 Å². The molecule has 2 aromatic carbocycles. The summed E-state index contributed by atoms with van der Waals surface area (Å²) in [4.78, 5) is 0.241. The number of thioether (sulfide) groups is 1. The number of sulfonamides is 1. The van der Waals surface area contributed by atoms with Crippen molar-refractivity contribution >= 4 is 21.8 Å². The summed E-state index contributed by atoms with van der Waals surface area (Å²) < 4.78 is 29.3. The maximum Gasteiger partial charge on any atom is 0.240 e. The summed E-state index contributed by atoms with van der Waals surface area (Å²) in [6.07, 6.45) is 0. The zero-order chi connectivity index (χ0) is 20.3. The van der Waals surface area contributed by atoms with E-state index < -0.39 is 10.0 Å². The second-order valence-corrected chi connectivity index (χ2v) is 9.52. The fourth-order valence-electron chi connectivity index (χ4n) is 2.68. The van der Waals surface area contributed by atoms with Gasteiger partial charge in [-0.25, -0.2) is 13.1 Å². The van der Waals surface area contributed by atoms with Crippen LogP contribution in [0.1, 0.15) is 28.1 Å². The van der Waals surface area contributed by atoms with Crippen molar-refractivity contribution in [3.05, 3.63) is 70.5 Å². The van der Waals surface area contributed by atoms with Crippen LogP contribution in [0.15, 0.2) is 52.5 Å². The molecule has 0 unspecified atom stereocenters. The lowest BCUT2D eigenvalue weighted by Gasteiger charge is -2.08. The van der Waals surface area contributed by atoms with Crippen LogP contribution in [0.2, 0.25) is 0 Å². The molecule has 3 rings (SSSR count). The monoisotopic (exact) mass is 416 g/mol. The molecule has 0 aliphatic carbocycles. The van der Waals surface area contributed by atoms with E-state index in [2.05, 4.69) is 47.0 Å². The van der Waals surface area contributed by atoms with Crippen LogP contribution >= 0.6 is 11.8 Å². The van der Waals surface area contributed by atoms with Gasteiger partial charge in [0.1, 0.15) is 5.82 Å². The summed E-state index contributed by atoms with van der Waals surface area (Å²) in [5, 5.41) is 9.11. The van der Waals surface area contributed by atoms with Crippen molar-refractivity contribution in [2.45, 2.75) is 43.1 Å². The average Bonchev–Trinajstić information content (AvgIpc) is 3.01. The number of benzene rings is 2. The zero-order valence-electron chi connectivity index (χ0n) is 16.4. The number of rotatable bonds is 7. The van der Waals surface area contributed by atoms with E-state index in [1.54, 1.807) is 36.0 Å². The molecule has 1 heterocycles. The van der Waals surface area contributed by atoms with Gasteiger partial charge in [0.25, 0.3) is 0 Å². The highest BCUT2D eigenvalue weighted by atomic mass is 32.2. The number of hydrogen-bond acceptors (Lipinski definition) is 5. The third-order valence-corrected chi connectivity index (χ3v) is 7.02. The van der Waals surface area contributed by atoms with Crippen LogP contribution in [-0.2, 0) is 29.4 Å². The van der Waals surface area contributed by atoms with Gasteiger partial charge in [0.15, 0.2) is 5.16 Å². The first-order valence-electron chi connectivity index (χ1n) is 8.90. The molecule has 28 heavy (non-hydrogen) atoms. The standard InChI is InChI=1S/C20H24N4O2S2/c1-14-6-9-18(10-7-14)28(25,26)21-12-19-22-23-20(24(19)4)27-13-17-11-15(2)5-8-16(17)3/h5-11,21H,12-13H2,1-4H3. The molecule has 0 aliphatic heterocycles. The minimum absolute atomic E-state index is 0.0870. The fraction of sp³-hybridized carbons (Fsp3) is 0.300. The Balaban J connectivity index is 1.66. The van der Waals surface area contributed by atoms with Crippen LogP contribution in [0, 0.1) is 20.8 Å². The molecule has 0 spiro atoms. The molecule has 0 radical (unpaired) electrons. The molecule has 0 amide bonds. The predicted octanol–water partition coefficient (Wildman–Crippen LogP) is 3.51. The quantitative estimate of drug-likeness (QED) is 0.597. The average molecular weight is 417 g/mol. The van der Waals surface area contributed by atoms with E-state index in [0.29, 0.717) is 5.82 Å². The van der Waals surface area contributed by atoms with Crippen molar-refractivity contribution in [3.8, 4) is 0 Å². The van der Waals surface area contributed by atoms with Crippen LogP contribution in [-0.4, -0.2) is 23.2 Å². The van der Waals surface area contributed by atoms with Crippen molar-refractivity contribution in [1.29, 1.82) is 0 Å². The fourth-order valence-corrected chi connectivity index (χ4v) is 4.66. The Bertz CT molecular complexity index is 1070. The molecule has 8 heteroatoms. The number of nitrogens with zero attached hydrogens (tertiary/aromatic N) is 3. The SMILES string of the molecule is Cc1ccc(S(=O)(=O)NCc2nnc(SCc3cc(C)ccc3C)n2C)cc1. The molecule has 0 aliphatic rings. The number of hydrogen-bond donors (Lipinski definition) is 1. The predicted molar refractivity (Wildman–Crippen MR) is 112 cm³/mol. The van der Waals surface area contributed by atoms with Crippen molar-refractivity contribution in [2.75, 3.05) is 0 Å². The highest BCUT2D eigenvalue weighted by Crippen LogP contribution is 2.24. The minimum Gasteiger partial charge on any atom is -0.308 e. The van der Waals surface area contributed by atoms with E-state index in [0.717, 1.165) is 16.5 Å². The molecule has 6 nitrogen and oxygen atoms in total. The molecule has 1 N–H and O–H groups in total. The van der Waals surface area contributed by atoms with Crippen LogP contribution in [0.5, 0.6) is 0 Å². The Labute approximate surface area is 170 Å². The summed E-state index contributed by atoms with van der Waals surface area (Å²) in [7, 11) is -1.74. The maximum atomic E-state index is 12.4. The lowest BCUT2D eigenvalue weighted by atomic mass is 10.1. The van der Waals surface area contributed by atoms with E-state index in [-0.39, 0.29) is 11.4 Å². The van der Waals surface area contributed by atoms with Crippen LogP contribution in [0.4, 0.5) is 0 Å². The minimum atomic E-state index is -3.59. The number of aromatic nitrogens is 3. The molecular weight excluding hydrogens is 392 g/mol. The molecule has 0 fully saturated rings. The third kappa shape index (κ3) is 4.81. The second kappa shape index (κ2) is 8.46. The largest absolute Gasteiger partial charge is 0.308 e. The molecule has 0 saturated heterocycles. The van der Waals surface area contributed by atoms with Gasteiger partial charge in [0.05, 0.1) is 11.4 Å². The van der Waals surface area contributed by atoms with E-state index in [1.165, 1.54) is 16.7 Å². The second-order valence-electron chi connectivity index (χ2n) is 6.81. The van der Waals surface area contributed by atoms with E-state index in [1.807, 2.05) is 18.5 Å². The molecular formula is C20H24N4O2S2. The third-order valence-electron chi connectivity index (χ3n) is 4.54. The van der Waals surface area contributed by atoms with Gasteiger partial charge >= 0.3 is 0 Å². The first kappa shape index (κ1) is 20.6. The highest BCUT2D eigenvalue weighted by Gasteiger charge is 2.16. The first-order valence-corrected chi connectivity index (χ1v) is 11.4.